The number of halogens is 1. The van der Waals surface area contributed by atoms with Crippen LogP contribution in [0.3, 0.4) is 0 Å². The zero-order chi connectivity index (χ0) is 15.1. The number of carbonyl (C=O) groups excluding carboxylic acids is 2. The zero-order valence-electron chi connectivity index (χ0n) is 12.0. The molecule has 5 heteroatoms. The summed E-state index contributed by atoms with van der Waals surface area (Å²) < 4.78 is 0.972. The van der Waals surface area contributed by atoms with E-state index in [0.29, 0.717) is 25.3 Å². The molecule has 0 spiro atoms. The van der Waals surface area contributed by atoms with Gasteiger partial charge in [0.25, 0.3) is 0 Å². The number of benzene rings is 1. The monoisotopic (exact) mass is 352 g/mol. The molecule has 1 aliphatic carbocycles. The first-order valence-electron chi connectivity index (χ1n) is 7.45. The second-order valence-corrected chi connectivity index (χ2v) is 6.43. The average molecular weight is 353 g/mol. The molecule has 114 valence electrons. The summed E-state index contributed by atoms with van der Waals surface area (Å²) in [5.74, 6) is 0.526. The second kappa shape index (κ2) is 8.17. The average Bonchev–Trinajstić information content (AvgIpc) is 2.94. The van der Waals surface area contributed by atoms with E-state index in [2.05, 4.69) is 26.6 Å². The van der Waals surface area contributed by atoms with Crippen molar-refractivity contribution < 1.29 is 9.59 Å². The molecule has 21 heavy (non-hydrogen) atoms. The molecular weight excluding hydrogens is 332 g/mol. The van der Waals surface area contributed by atoms with Crippen LogP contribution in [-0.4, -0.2) is 18.4 Å². The van der Waals surface area contributed by atoms with Crippen molar-refractivity contribution >= 4 is 33.4 Å². The van der Waals surface area contributed by atoms with Gasteiger partial charge in [-0.1, -0.05) is 28.8 Å². The van der Waals surface area contributed by atoms with Crippen LogP contribution in [0.2, 0.25) is 0 Å². The van der Waals surface area contributed by atoms with Gasteiger partial charge in [0.2, 0.25) is 11.8 Å². The van der Waals surface area contributed by atoms with Gasteiger partial charge in [-0.15, -0.1) is 0 Å². The fraction of sp³-hybridized carbons (Fsp3) is 0.500. The lowest BCUT2D eigenvalue weighted by molar-refractivity contribution is -0.122. The predicted octanol–water partition coefficient (Wildman–Crippen LogP) is 3.47. The van der Waals surface area contributed by atoms with E-state index in [1.54, 1.807) is 0 Å². The van der Waals surface area contributed by atoms with Crippen LogP contribution >= 0.6 is 15.9 Å². The summed E-state index contributed by atoms with van der Waals surface area (Å²) in [5.41, 5.74) is 0.764. The highest BCUT2D eigenvalue weighted by Gasteiger charge is 2.18. The lowest BCUT2D eigenvalue weighted by Crippen LogP contribution is -2.28. The normalized spacial score (nSPS) is 14.9. The van der Waals surface area contributed by atoms with Gasteiger partial charge in [0, 0.05) is 29.5 Å². The Labute approximate surface area is 133 Å². The Balaban J connectivity index is 1.62. The van der Waals surface area contributed by atoms with Crippen LogP contribution in [0.1, 0.15) is 38.5 Å². The summed E-state index contributed by atoms with van der Waals surface area (Å²) in [6.07, 6.45) is 5.72. The van der Waals surface area contributed by atoms with Gasteiger partial charge in [-0.25, -0.2) is 0 Å². The van der Waals surface area contributed by atoms with Crippen molar-refractivity contribution in [2.24, 2.45) is 5.92 Å². The third kappa shape index (κ3) is 5.87. The topological polar surface area (TPSA) is 58.2 Å². The molecule has 2 amide bonds. The predicted molar refractivity (Wildman–Crippen MR) is 87.0 cm³/mol. The van der Waals surface area contributed by atoms with Gasteiger partial charge in [0.15, 0.2) is 0 Å². The molecule has 1 saturated carbocycles. The van der Waals surface area contributed by atoms with Gasteiger partial charge in [-0.2, -0.15) is 0 Å². The molecule has 0 aromatic heterocycles. The molecule has 4 nitrogen and oxygen atoms in total. The standard InChI is InChI=1S/C16H21BrN2O2/c17-13-5-7-14(8-6-13)19-15(20)9-10-18-16(21)11-12-3-1-2-4-12/h5-8,12H,1-4,9-11H2,(H,18,21)(H,19,20). The fourth-order valence-corrected chi connectivity index (χ4v) is 2.89. The quantitative estimate of drug-likeness (QED) is 0.823. The van der Waals surface area contributed by atoms with E-state index in [0.717, 1.165) is 23.0 Å². The van der Waals surface area contributed by atoms with Crippen molar-refractivity contribution in [1.82, 2.24) is 5.32 Å². The van der Waals surface area contributed by atoms with Crippen molar-refractivity contribution in [2.45, 2.75) is 38.5 Å². The molecule has 1 aromatic rings. The van der Waals surface area contributed by atoms with Gasteiger partial charge in [-0.05, 0) is 43.0 Å². The highest BCUT2D eigenvalue weighted by atomic mass is 79.9. The Kier molecular flexibility index (Phi) is 6.23. The Hall–Kier alpha value is -1.36. The summed E-state index contributed by atoms with van der Waals surface area (Å²) in [7, 11) is 0. The minimum absolute atomic E-state index is 0.0679. The number of amides is 2. The van der Waals surface area contributed by atoms with E-state index in [-0.39, 0.29) is 11.8 Å². The zero-order valence-corrected chi connectivity index (χ0v) is 13.6. The smallest absolute Gasteiger partial charge is 0.226 e. The summed E-state index contributed by atoms with van der Waals surface area (Å²) in [5, 5.41) is 5.63. The maximum Gasteiger partial charge on any atom is 0.226 e. The maximum atomic E-state index is 11.7. The van der Waals surface area contributed by atoms with Gasteiger partial charge in [0.1, 0.15) is 0 Å². The lowest BCUT2D eigenvalue weighted by atomic mass is 10.0. The number of rotatable bonds is 6. The Morgan fingerprint density at radius 2 is 1.76 bits per heavy atom. The van der Waals surface area contributed by atoms with E-state index in [9.17, 15) is 9.59 Å². The number of anilines is 1. The van der Waals surface area contributed by atoms with Crippen molar-refractivity contribution in [1.29, 1.82) is 0 Å². The number of hydrogen-bond acceptors (Lipinski definition) is 2. The molecular formula is C16H21BrN2O2. The van der Waals surface area contributed by atoms with E-state index in [4.69, 9.17) is 0 Å². The van der Waals surface area contributed by atoms with E-state index in [1.165, 1.54) is 12.8 Å². The van der Waals surface area contributed by atoms with Crippen molar-refractivity contribution in [2.75, 3.05) is 11.9 Å². The van der Waals surface area contributed by atoms with E-state index >= 15 is 0 Å². The Bertz CT molecular complexity index is 482. The van der Waals surface area contributed by atoms with Crippen LogP contribution < -0.4 is 10.6 Å². The molecule has 1 aromatic carbocycles. The third-order valence-corrected chi connectivity index (χ3v) is 4.28. The summed E-state index contributed by atoms with van der Waals surface area (Å²) in [6.45, 7) is 0.397. The van der Waals surface area contributed by atoms with Gasteiger partial charge >= 0.3 is 0 Å². The Morgan fingerprint density at radius 1 is 1.10 bits per heavy atom. The van der Waals surface area contributed by atoms with Crippen LogP contribution in [0.5, 0.6) is 0 Å². The first-order valence-corrected chi connectivity index (χ1v) is 8.25. The molecule has 0 unspecified atom stereocenters. The van der Waals surface area contributed by atoms with Gasteiger partial charge in [0.05, 0.1) is 0 Å². The Morgan fingerprint density at radius 3 is 2.43 bits per heavy atom. The number of carbonyl (C=O) groups is 2. The minimum Gasteiger partial charge on any atom is -0.356 e. The summed E-state index contributed by atoms with van der Waals surface area (Å²) in [6, 6.07) is 7.42. The van der Waals surface area contributed by atoms with Crippen LogP contribution in [0, 0.1) is 5.92 Å². The maximum absolute atomic E-state index is 11.7. The summed E-state index contributed by atoms with van der Waals surface area (Å²) in [4.78, 5) is 23.5. The van der Waals surface area contributed by atoms with Crippen LogP contribution in [-0.2, 0) is 9.59 Å². The SMILES string of the molecule is O=C(CC1CCCC1)NCCC(=O)Nc1ccc(Br)cc1. The van der Waals surface area contributed by atoms with Gasteiger partial charge in [-0.3, -0.25) is 9.59 Å². The number of nitrogens with one attached hydrogen (secondary N) is 2. The molecule has 1 aliphatic rings. The van der Waals surface area contributed by atoms with Crippen molar-refractivity contribution in [3.8, 4) is 0 Å². The highest BCUT2D eigenvalue weighted by molar-refractivity contribution is 9.10. The fourth-order valence-electron chi connectivity index (χ4n) is 2.62. The highest BCUT2D eigenvalue weighted by Crippen LogP contribution is 2.27. The third-order valence-electron chi connectivity index (χ3n) is 3.75. The molecule has 2 rings (SSSR count). The van der Waals surface area contributed by atoms with Gasteiger partial charge < -0.3 is 10.6 Å². The van der Waals surface area contributed by atoms with Crippen molar-refractivity contribution in [3.63, 3.8) is 0 Å². The molecule has 1 fully saturated rings. The first-order chi connectivity index (χ1) is 10.1. The van der Waals surface area contributed by atoms with E-state index < -0.39 is 0 Å². The van der Waals surface area contributed by atoms with Crippen LogP contribution in [0.15, 0.2) is 28.7 Å². The van der Waals surface area contributed by atoms with Crippen LogP contribution in [0.4, 0.5) is 5.69 Å². The molecule has 2 N–H and O–H groups in total. The molecule has 0 radical (unpaired) electrons. The van der Waals surface area contributed by atoms with Crippen molar-refractivity contribution in [3.05, 3.63) is 28.7 Å². The molecule has 0 atom stereocenters. The molecule has 0 heterocycles. The number of hydrogen-bond donors (Lipinski definition) is 2. The lowest BCUT2D eigenvalue weighted by Gasteiger charge is -2.09. The summed E-state index contributed by atoms with van der Waals surface area (Å²) >= 11 is 3.35. The molecule has 0 aliphatic heterocycles. The first kappa shape index (κ1) is 16.0. The molecule has 0 bridgehead atoms. The van der Waals surface area contributed by atoms with E-state index in [1.807, 2.05) is 24.3 Å². The second-order valence-electron chi connectivity index (χ2n) is 5.51. The largest absolute Gasteiger partial charge is 0.356 e. The minimum atomic E-state index is -0.0847. The molecule has 0 saturated heterocycles. The van der Waals surface area contributed by atoms with Crippen LogP contribution in [0.25, 0.3) is 0 Å².